The molecule has 2 aromatic heterocycles. The molecule has 3 nitrogen and oxygen atoms in total. The van der Waals surface area contributed by atoms with Crippen molar-refractivity contribution >= 4 is 21.8 Å². The van der Waals surface area contributed by atoms with Crippen LogP contribution in [0.2, 0.25) is 0 Å². The topological polar surface area (TPSA) is 30.7 Å². The van der Waals surface area contributed by atoms with Crippen molar-refractivity contribution in [3.63, 3.8) is 0 Å². The van der Waals surface area contributed by atoms with Crippen LogP contribution in [0.25, 0.3) is 94.8 Å². The Labute approximate surface area is 377 Å². The summed E-state index contributed by atoms with van der Waals surface area (Å²) in [6, 6.07) is 52.6. The van der Waals surface area contributed by atoms with Crippen molar-refractivity contribution in [1.82, 2.24) is 14.5 Å². The second kappa shape index (κ2) is 16.3. The summed E-state index contributed by atoms with van der Waals surface area (Å²) in [5.41, 5.74) is 9.67. The van der Waals surface area contributed by atoms with E-state index in [4.69, 9.17) is 9.97 Å². The Balaban J connectivity index is 1.35. The number of aromatic nitrogens is 3. The molecule has 0 amide bonds. The van der Waals surface area contributed by atoms with E-state index in [9.17, 15) is 26.3 Å². The van der Waals surface area contributed by atoms with E-state index in [1.54, 1.807) is 30.3 Å². The summed E-state index contributed by atoms with van der Waals surface area (Å²) < 4.78 is 89.9. The molecule has 0 saturated heterocycles. The number of hydrogen-bond donors (Lipinski definition) is 0. The molecule has 9 heteroatoms. The summed E-state index contributed by atoms with van der Waals surface area (Å²) in [6.45, 7) is 6.22. The van der Waals surface area contributed by atoms with E-state index in [0.717, 1.165) is 85.0 Å². The van der Waals surface area contributed by atoms with Gasteiger partial charge in [-0.2, -0.15) is 26.3 Å². The summed E-state index contributed by atoms with van der Waals surface area (Å²) in [5.74, 6) is 0.398. The van der Waals surface area contributed by atoms with Gasteiger partial charge in [-0.15, -0.1) is 0 Å². The number of rotatable bonds is 7. The van der Waals surface area contributed by atoms with Crippen molar-refractivity contribution < 1.29 is 26.3 Å². The first-order valence-corrected chi connectivity index (χ1v) is 21.4. The average molecular weight is 880 g/mol. The van der Waals surface area contributed by atoms with Gasteiger partial charge in [-0.05, 0) is 115 Å². The van der Waals surface area contributed by atoms with Crippen LogP contribution in [0.5, 0.6) is 0 Å². The van der Waals surface area contributed by atoms with E-state index in [2.05, 4.69) is 39.0 Å². The van der Waals surface area contributed by atoms with E-state index in [1.165, 1.54) is 12.1 Å². The van der Waals surface area contributed by atoms with Crippen molar-refractivity contribution in [2.75, 3.05) is 0 Å². The minimum Gasteiger partial charge on any atom is -0.308 e. The van der Waals surface area contributed by atoms with E-state index >= 15 is 0 Å². The average Bonchev–Trinajstić information content (AvgIpc) is 3.64. The van der Waals surface area contributed by atoms with Gasteiger partial charge in [-0.25, -0.2) is 9.97 Å². The lowest BCUT2D eigenvalue weighted by molar-refractivity contribution is -0.138. The maximum absolute atomic E-state index is 14.7. The molecule has 0 aliphatic heterocycles. The van der Waals surface area contributed by atoms with Crippen molar-refractivity contribution in [1.29, 1.82) is 0 Å². The van der Waals surface area contributed by atoms with Crippen LogP contribution >= 0.6 is 0 Å². The molecule has 10 aromatic rings. The van der Waals surface area contributed by atoms with Gasteiger partial charge in [0.2, 0.25) is 0 Å². The second-order valence-corrected chi connectivity index (χ2v) is 16.6. The zero-order valence-electron chi connectivity index (χ0n) is 35.9. The molecule has 0 fully saturated rings. The predicted octanol–water partition coefficient (Wildman–Crippen LogP) is 16.5. The van der Waals surface area contributed by atoms with Gasteiger partial charge in [0.15, 0.2) is 5.82 Å². The van der Waals surface area contributed by atoms with Crippen LogP contribution in [-0.4, -0.2) is 14.5 Å². The minimum absolute atomic E-state index is 0.212. The molecule has 0 spiro atoms. The first kappa shape index (κ1) is 42.2. The first-order valence-electron chi connectivity index (χ1n) is 21.4. The quantitative estimate of drug-likeness (QED) is 0.149. The number of para-hydroxylation sites is 1. The number of fused-ring (bicyclic) bond motifs is 3. The molecular weight excluding hydrogens is 841 g/mol. The third-order valence-corrected chi connectivity index (χ3v) is 12.1. The smallest absolute Gasteiger partial charge is 0.308 e. The lowest BCUT2D eigenvalue weighted by atomic mass is 9.90. The third kappa shape index (κ3) is 7.80. The van der Waals surface area contributed by atoms with Gasteiger partial charge in [0, 0.05) is 38.6 Å². The second-order valence-electron chi connectivity index (χ2n) is 16.6. The minimum atomic E-state index is -4.69. The highest BCUT2D eigenvalue weighted by atomic mass is 19.4. The Morgan fingerprint density at radius 1 is 0.394 bits per heavy atom. The summed E-state index contributed by atoms with van der Waals surface area (Å²) in [7, 11) is 0. The number of halogens is 6. The highest BCUT2D eigenvalue weighted by molar-refractivity contribution is 6.12. The lowest BCUT2D eigenvalue weighted by Crippen LogP contribution is -2.07. The molecule has 0 radical (unpaired) electrons. The van der Waals surface area contributed by atoms with E-state index < -0.39 is 23.5 Å². The molecule has 66 heavy (non-hydrogen) atoms. The van der Waals surface area contributed by atoms with Crippen LogP contribution in [0.15, 0.2) is 182 Å². The molecule has 0 aliphatic carbocycles. The molecule has 0 saturated carbocycles. The van der Waals surface area contributed by atoms with Crippen LogP contribution in [0.4, 0.5) is 26.3 Å². The maximum Gasteiger partial charge on any atom is 0.416 e. The van der Waals surface area contributed by atoms with Gasteiger partial charge in [-0.3, -0.25) is 0 Å². The van der Waals surface area contributed by atoms with Crippen LogP contribution in [-0.2, 0) is 12.4 Å². The number of alkyl halides is 6. The van der Waals surface area contributed by atoms with E-state index in [-0.39, 0.29) is 11.1 Å². The summed E-state index contributed by atoms with van der Waals surface area (Å²) in [4.78, 5) is 10.00. The Morgan fingerprint density at radius 3 is 1.47 bits per heavy atom. The Kier molecular flexibility index (Phi) is 10.4. The van der Waals surface area contributed by atoms with E-state index in [1.807, 2.05) is 102 Å². The molecule has 0 bridgehead atoms. The molecular formula is C57H39F6N3. The largest absolute Gasteiger partial charge is 0.416 e. The molecule has 0 atom stereocenters. The first-order chi connectivity index (χ1) is 31.7. The lowest BCUT2D eigenvalue weighted by Gasteiger charge is -2.22. The molecule has 8 aromatic carbocycles. The Morgan fingerprint density at radius 2 is 0.894 bits per heavy atom. The van der Waals surface area contributed by atoms with Gasteiger partial charge >= 0.3 is 12.4 Å². The number of hydrogen-bond acceptors (Lipinski definition) is 2. The third-order valence-electron chi connectivity index (χ3n) is 12.1. The van der Waals surface area contributed by atoms with Crippen LogP contribution < -0.4 is 0 Å². The molecule has 0 unspecified atom stereocenters. The van der Waals surface area contributed by atoms with Gasteiger partial charge in [0.05, 0.1) is 39.2 Å². The fourth-order valence-electron chi connectivity index (χ4n) is 9.26. The number of aryl methyl sites for hydroxylation is 3. The maximum atomic E-state index is 14.7. The molecule has 10 rings (SSSR count). The molecule has 2 heterocycles. The van der Waals surface area contributed by atoms with Crippen LogP contribution in [0.3, 0.4) is 0 Å². The zero-order chi connectivity index (χ0) is 45.9. The van der Waals surface area contributed by atoms with Crippen molar-refractivity contribution in [2.24, 2.45) is 0 Å². The van der Waals surface area contributed by atoms with Crippen molar-refractivity contribution in [2.45, 2.75) is 33.1 Å². The summed E-state index contributed by atoms with van der Waals surface area (Å²) in [6.07, 6.45) is -9.37. The van der Waals surface area contributed by atoms with Gasteiger partial charge in [0.25, 0.3) is 0 Å². The standard InChI is InChI=1S/C57H39F6N3/c1-34-26-35(2)53(36(3)27-34)41-24-25-52-48(30-41)45-22-10-11-23-51(45)66(52)54-46(39-18-12-20-43(28-39)56(58,59)60)31-42(32-47(54)40-19-13-21-44(29-40)57(61,62)63)50-33-49(37-14-6-4-7-15-37)64-55(65-50)38-16-8-5-9-17-38/h4-33H,1-3H3. The van der Waals surface area contributed by atoms with Gasteiger partial charge in [-0.1, -0.05) is 127 Å². The molecule has 0 aliphatic rings. The SMILES string of the molecule is Cc1cc(C)c(-c2ccc3c(c2)c2ccccc2n3-c2c(-c3cccc(C(F)(F)F)c3)cc(-c3cc(-c4ccccc4)nc(-c4ccccc4)n3)cc2-c2cccc(C(F)(F)F)c2)c(C)c1. The van der Waals surface area contributed by atoms with E-state index in [0.29, 0.717) is 39.6 Å². The van der Waals surface area contributed by atoms with Gasteiger partial charge in [0.1, 0.15) is 0 Å². The Bertz CT molecular complexity index is 3320. The van der Waals surface area contributed by atoms with Crippen molar-refractivity contribution in [3.8, 4) is 73.0 Å². The van der Waals surface area contributed by atoms with Gasteiger partial charge < -0.3 is 4.57 Å². The Hall–Kier alpha value is -7.78. The zero-order valence-corrected chi connectivity index (χ0v) is 35.9. The van der Waals surface area contributed by atoms with Crippen LogP contribution in [0.1, 0.15) is 27.8 Å². The predicted molar refractivity (Wildman–Crippen MR) is 253 cm³/mol. The molecule has 0 N–H and O–H groups in total. The molecule has 324 valence electrons. The normalized spacial score (nSPS) is 12.0. The fraction of sp³-hybridized carbons (Fsp3) is 0.0877. The van der Waals surface area contributed by atoms with Crippen molar-refractivity contribution in [3.05, 3.63) is 210 Å². The number of nitrogens with zero attached hydrogens (tertiary/aromatic N) is 3. The number of benzene rings is 8. The fourth-order valence-corrected chi connectivity index (χ4v) is 9.26. The monoisotopic (exact) mass is 879 g/mol. The highest BCUT2D eigenvalue weighted by Gasteiger charge is 2.33. The highest BCUT2D eigenvalue weighted by Crippen LogP contribution is 2.46. The summed E-state index contributed by atoms with van der Waals surface area (Å²) in [5, 5.41) is 1.73. The van der Waals surface area contributed by atoms with Crippen LogP contribution in [0, 0.1) is 20.8 Å². The summed E-state index contributed by atoms with van der Waals surface area (Å²) >= 11 is 0.